The topological polar surface area (TPSA) is 96.6 Å². The van der Waals surface area contributed by atoms with E-state index in [1.165, 1.54) is 0 Å². The molecule has 0 aromatic heterocycles. The lowest BCUT2D eigenvalue weighted by Crippen LogP contribution is -2.32. The zero-order valence-electron chi connectivity index (χ0n) is 12.4. The highest BCUT2D eigenvalue weighted by Crippen LogP contribution is 2.24. The van der Waals surface area contributed by atoms with Crippen molar-refractivity contribution in [2.75, 3.05) is 11.1 Å². The van der Waals surface area contributed by atoms with E-state index in [0.29, 0.717) is 17.8 Å². The number of nitrogens with two attached hydrogens (primary N) is 1. The normalized spacial score (nSPS) is 18.2. The fraction of sp³-hybridized carbons (Fsp3) is 0.400. The van der Waals surface area contributed by atoms with Crippen LogP contribution in [-0.4, -0.2) is 17.5 Å². The maximum Gasteiger partial charge on any atom is 0.240 e. The zero-order chi connectivity index (χ0) is 15.6. The number of amides is 2. The van der Waals surface area contributed by atoms with E-state index >= 15 is 0 Å². The van der Waals surface area contributed by atoms with Crippen molar-refractivity contribution < 1.29 is 9.59 Å². The van der Waals surface area contributed by atoms with Gasteiger partial charge in [0, 0.05) is 23.8 Å². The minimum Gasteiger partial charge on any atom is -0.397 e. The number of nitrogens with one attached hydrogen (secondary N) is 2. The number of nitrogen functional groups attached to an aromatic ring is 1. The maximum absolute atomic E-state index is 11.7. The van der Waals surface area contributed by atoms with Crippen molar-refractivity contribution in [2.45, 2.75) is 27.2 Å². The largest absolute Gasteiger partial charge is 0.397 e. The van der Waals surface area contributed by atoms with Gasteiger partial charge in [0.15, 0.2) is 0 Å². The Balaban J connectivity index is 2.23. The zero-order valence-corrected chi connectivity index (χ0v) is 12.4. The molecule has 4 N–H and O–H groups in total. The second kappa shape index (κ2) is 5.95. The molecule has 2 rings (SSSR count). The van der Waals surface area contributed by atoms with Gasteiger partial charge in [-0.2, -0.15) is 5.10 Å². The lowest BCUT2D eigenvalue weighted by Gasteiger charge is -2.20. The number of anilines is 2. The number of rotatable bonds is 3. The molecule has 1 unspecified atom stereocenters. The molecule has 0 radical (unpaired) electrons. The molecule has 1 aliphatic rings. The second-order valence-corrected chi connectivity index (χ2v) is 5.58. The second-order valence-electron chi connectivity index (χ2n) is 5.58. The summed E-state index contributed by atoms with van der Waals surface area (Å²) in [5.41, 5.74) is 11.2. The molecule has 0 saturated carbocycles. The molecule has 0 spiro atoms. The number of benzene rings is 1. The summed E-state index contributed by atoms with van der Waals surface area (Å²) in [6.07, 6.45) is 0.407. The van der Waals surface area contributed by atoms with Crippen LogP contribution in [0.1, 0.15) is 32.8 Å². The summed E-state index contributed by atoms with van der Waals surface area (Å²) in [5.74, 6) is -0.235. The van der Waals surface area contributed by atoms with Gasteiger partial charge >= 0.3 is 0 Å². The van der Waals surface area contributed by atoms with Gasteiger partial charge in [-0.15, -0.1) is 0 Å². The summed E-state index contributed by atoms with van der Waals surface area (Å²) in [4.78, 5) is 23.0. The van der Waals surface area contributed by atoms with Gasteiger partial charge in [-0.25, -0.2) is 5.43 Å². The molecule has 1 aromatic carbocycles. The molecule has 6 nitrogen and oxygen atoms in total. The van der Waals surface area contributed by atoms with Gasteiger partial charge in [0.25, 0.3) is 0 Å². The van der Waals surface area contributed by atoms with Crippen LogP contribution in [0.4, 0.5) is 11.4 Å². The van der Waals surface area contributed by atoms with E-state index in [-0.39, 0.29) is 23.7 Å². The Bertz CT molecular complexity index is 608. The molecular formula is C15H20N4O2. The average molecular weight is 288 g/mol. The van der Waals surface area contributed by atoms with Crippen LogP contribution in [-0.2, 0) is 9.59 Å². The maximum atomic E-state index is 11.7. The van der Waals surface area contributed by atoms with E-state index in [1.54, 1.807) is 12.1 Å². The Kier molecular flexibility index (Phi) is 4.26. The Morgan fingerprint density at radius 3 is 2.76 bits per heavy atom. The van der Waals surface area contributed by atoms with Crippen LogP contribution in [0.15, 0.2) is 23.3 Å². The highest BCUT2D eigenvalue weighted by Gasteiger charge is 2.22. The van der Waals surface area contributed by atoms with Crippen molar-refractivity contribution in [1.82, 2.24) is 5.43 Å². The summed E-state index contributed by atoms with van der Waals surface area (Å²) in [7, 11) is 0. The third kappa shape index (κ3) is 3.39. The molecule has 0 aliphatic carbocycles. The standard InChI is InChI=1S/C15H20N4O2/c1-8(2)15(21)17-12-5-4-10(7-11(12)16)14-9(3)6-13(20)18-19-14/h4-5,7-9H,6,16H2,1-3H3,(H,17,21)(H,18,20). The monoisotopic (exact) mass is 288 g/mol. The molecule has 6 heteroatoms. The fourth-order valence-corrected chi connectivity index (χ4v) is 2.12. The van der Waals surface area contributed by atoms with Crippen molar-refractivity contribution in [3.05, 3.63) is 23.8 Å². The lowest BCUT2D eigenvalue weighted by molar-refractivity contribution is -0.122. The fourth-order valence-electron chi connectivity index (χ4n) is 2.12. The van der Waals surface area contributed by atoms with Crippen molar-refractivity contribution in [3.63, 3.8) is 0 Å². The molecule has 1 aliphatic heterocycles. The SMILES string of the molecule is CC(C)C(=O)Nc1ccc(C2=NNC(=O)CC2C)cc1N. The average Bonchev–Trinajstić information content (AvgIpc) is 2.41. The Hall–Kier alpha value is -2.37. The molecule has 0 bridgehead atoms. The molecule has 0 saturated heterocycles. The lowest BCUT2D eigenvalue weighted by atomic mass is 9.93. The summed E-state index contributed by atoms with van der Waals surface area (Å²) < 4.78 is 0. The van der Waals surface area contributed by atoms with E-state index in [9.17, 15) is 9.59 Å². The molecule has 0 fully saturated rings. The third-order valence-corrected chi connectivity index (χ3v) is 3.39. The third-order valence-electron chi connectivity index (χ3n) is 3.39. The number of carbonyl (C=O) groups excluding carboxylic acids is 2. The van der Waals surface area contributed by atoms with Crippen molar-refractivity contribution in [3.8, 4) is 0 Å². The van der Waals surface area contributed by atoms with Crippen molar-refractivity contribution in [1.29, 1.82) is 0 Å². The smallest absolute Gasteiger partial charge is 0.240 e. The summed E-state index contributed by atoms with van der Waals surface area (Å²) in [5, 5.41) is 6.88. The highest BCUT2D eigenvalue weighted by molar-refractivity contribution is 6.07. The summed E-state index contributed by atoms with van der Waals surface area (Å²) >= 11 is 0. The van der Waals surface area contributed by atoms with Gasteiger partial charge in [-0.3, -0.25) is 9.59 Å². The van der Waals surface area contributed by atoms with Crippen molar-refractivity contribution >= 4 is 28.9 Å². The minimum absolute atomic E-state index is 0.0363. The van der Waals surface area contributed by atoms with E-state index < -0.39 is 0 Å². The molecule has 112 valence electrons. The van der Waals surface area contributed by atoms with E-state index in [0.717, 1.165) is 11.3 Å². The quantitative estimate of drug-likeness (QED) is 0.739. The number of carbonyl (C=O) groups is 2. The number of nitrogens with zero attached hydrogens (tertiary/aromatic N) is 1. The number of hydrogen-bond donors (Lipinski definition) is 3. The molecule has 2 amide bonds. The predicted molar refractivity (Wildman–Crippen MR) is 82.8 cm³/mol. The van der Waals surface area contributed by atoms with Gasteiger partial charge < -0.3 is 11.1 Å². The van der Waals surface area contributed by atoms with Crippen LogP contribution in [0.5, 0.6) is 0 Å². The van der Waals surface area contributed by atoms with Crippen LogP contribution < -0.4 is 16.5 Å². The van der Waals surface area contributed by atoms with Crippen LogP contribution in [0.3, 0.4) is 0 Å². The van der Waals surface area contributed by atoms with Crippen LogP contribution >= 0.6 is 0 Å². The molecular weight excluding hydrogens is 268 g/mol. The Morgan fingerprint density at radius 1 is 1.48 bits per heavy atom. The van der Waals surface area contributed by atoms with Crippen LogP contribution in [0, 0.1) is 11.8 Å². The first-order valence-corrected chi connectivity index (χ1v) is 6.95. The first-order valence-electron chi connectivity index (χ1n) is 6.95. The summed E-state index contributed by atoms with van der Waals surface area (Å²) in [6, 6.07) is 5.37. The van der Waals surface area contributed by atoms with Gasteiger partial charge in [-0.05, 0) is 12.1 Å². The van der Waals surface area contributed by atoms with Gasteiger partial charge in [-0.1, -0.05) is 26.8 Å². The molecule has 21 heavy (non-hydrogen) atoms. The molecule has 1 aromatic rings. The first-order chi connectivity index (χ1) is 9.88. The first kappa shape index (κ1) is 15.0. The van der Waals surface area contributed by atoms with E-state index in [2.05, 4.69) is 15.8 Å². The molecule has 1 heterocycles. The summed E-state index contributed by atoms with van der Waals surface area (Å²) in [6.45, 7) is 5.59. The van der Waals surface area contributed by atoms with E-state index in [1.807, 2.05) is 26.8 Å². The predicted octanol–water partition coefficient (Wildman–Crippen LogP) is 1.72. The van der Waals surface area contributed by atoms with E-state index in [4.69, 9.17) is 5.73 Å². The minimum atomic E-state index is -0.109. The van der Waals surface area contributed by atoms with Gasteiger partial charge in [0.2, 0.25) is 11.8 Å². The van der Waals surface area contributed by atoms with Crippen LogP contribution in [0.2, 0.25) is 0 Å². The van der Waals surface area contributed by atoms with Gasteiger partial charge in [0.1, 0.15) is 0 Å². The Labute approximate surface area is 123 Å². The number of hydrogen-bond acceptors (Lipinski definition) is 4. The highest BCUT2D eigenvalue weighted by atomic mass is 16.2. The molecule has 1 atom stereocenters. The van der Waals surface area contributed by atoms with Crippen molar-refractivity contribution in [2.24, 2.45) is 16.9 Å². The number of hydrazone groups is 1. The van der Waals surface area contributed by atoms with Gasteiger partial charge in [0.05, 0.1) is 17.1 Å². The Morgan fingerprint density at radius 2 is 2.19 bits per heavy atom. The van der Waals surface area contributed by atoms with Crippen LogP contribution in [0.25, 0.3) is 0 Å².